The van der Waals surface area contributed by atoms with Crippen LogP contribution in [-0.4, -0.2) is 33.1 Å². The summed E-state index contributed by atoms with van der Waals surface area (Å²) in [4.78, 5) is 7.24. The summed E-state index contributed by atoms with van der Waals surface area (Å²) in [5.41, 5.74) is 9.49. The van der Waals surface area contributed by atoms with E-state index in [0.717, 1.165) is 37.5 Å². The number of nitrogens with two attached hydrogens (primary N) is 1. The van der Waals surface area contributed by atoms with Crippen LogP contribution in [0.3, 0.4) is 0 Å². The minimum Gasteiger partial charge on any atom is -0.325 e. The first kappa shape index (κ1) is 16.0. The predicted molar refractivity (Wildman–Crippen MR) is 89.4 cm³/mol. The van der Waals surface area contributed by atoms with Gasteiger partial charge in [0.1, 0.15) is 5.82 Å². The van der Waals surface area contributed by atoms with E-state index in [2.05, 4.69) is 62.3 Å². The molecular formula is C17H28N4. The molecule has 4 heteroatoms. The summed E-state index contributed by atoms with van der Waals surface area (Å²) in [5, 5.41) is 0. The number of rotatable bonds is 6. The largest absolute Gasteiger partial charge is 0.325 e. The molecule has 0 spiro atoms. The molecule has 0 aliphatic carbocycles. The van der Waals surface area contributed by atoms with E-state index in [1.54, 1.807) is 0 Å². The molecular weight excluding hydrogens is 260 g/mol. The van der Waals surface area contributed by atoms with Crippen LogP contribution in [0.1, 0.15) is 39.1 Å². The Kier molecular flexibility index (Phi) is 4.69. The van der Waals surface area contributed by atoms with Crippen molar-refractivity contribution in [2.24, 2.45) is 5.73 Å². The van der Waals surface area contributed by atoms with Crippen molar-refractivity contribution in [1.82, 2.24) is 14.5 Å². The average molecular weight is 288 g/mol. The van der Waals surface area contributed by atoms with Crippen molar-refractivity contribution >= 4 is 11.0 Å². The third kappa shape index (κ3) is 3.83. The molecule has 0 amide bonds. The van der Waals surface area contributed by atoms with Gasteiger partial charge in [0.25, 0.3) is 0 Å². The summed E-state index contributed by atoms with van der Waals surface area (Å²) in [5.74, 6) is 1.11. The van der Waals surface area contributed by atoms with Crippen molar-refractivity contribution in [3.05, 3.63) is 29.6 Å². The van der Waals surface area contributed by atoms with E-state index in [0.29, 0.717) is 0 Å². The van der Waals surface area contributed by atoms with Gasteiger partial charge in [0, 0.05) is 12.1 Å². The van der Waals surface area contributed by atoms with Crippen LogP contribution in [0, 0.1) is 6.92 Å². The molecule has 116 valence electrons. The molecule has 0 saturated heterocycles. The van der Waals surface area contributed by atoms with Gasteiger partial charge >= 0.3 is 0 Å². The average Bonchev–Trinajstić information content (AvgIpc) is 2.71. The second-order valence-corrected chi connectivity index (χ2v) is 6.56. The first-order valence-corrected chi connectivity index (χ1v) is 7.81. The van der Waals surface area contributed by atoms with Crippen LogP contribution in [0.25, 0.3) is 11.0 Å². The summed E-state index contributed by atoms with van der Waals surface area (Å²) >= 11 is 0. The molecule has 2 N–H and O–H groups in total. The minimum absolute atomic E-state index is 0.253. The molecule has 0 radical (unpaired) electrons. The Morgan fingerprint density at radius 1 is 1.24 bits per heavy atom. The molecule has 0 aliphatic heterocycles. The first-order chi connectivity index (χ1) is 9.84. The number of fused-ring (bicyclic) bond motifs is 1. The number of hydrogen-bond donors (Lipinski definition) is 1. The number of benzene rings is 1. The van der Waals surface area contributed by atoms with Crippen molar-refractivity contribution < 1.29 is 0 Å². The second-order valence-electron chi connectivity index (χ2n) is 6.56. The Bertz CT molecular complexity index is 603. The highest BCUT2D eigenvalue weighted by Crippen LogP contribution is 2.21. The molecule has 1 heterocycles. The Morgan fingerprint density at radius 3 is 2.48 bits per heavy atom. The lowest BCUT2D eigenvalue weighted by Crippen LogP contribution is -2.38. The Hall–Kier alpha value is -1.39. The summed E-state index contributed by atoms with van der Waals surface area (Å²) in [7, 11) is 0. The fourth-order valence-electron chi connectivity index (χ4n) is 2.64. The minimum atomic E-state index is -0.253. The Morgan fingerprint density at radius 2 is 1.90 bits per heavy atom. The first-order valence-electron chi connectivity index (χ1n) is 7.81. The smallest absolute Gasteiger partial charge is 0.124 e. The van der Waals surface area contributed by atoms with E-state index >= 15 is 0 Å². The third-order valence-electron chi connectivity index (χ3n) is 3.81. The Labute approximate surface area is 128 Å². The number of aryl methyl sites for hydroxylation is 1. The highest BCUT2D eigenvalue weighted by atomic mass is 15.2. The molecule has 0 bridgehead atoms. The van der Waals surface area contributed by atoms with Crippen molar-refractivity contribution in [3.63, 3.8) is 0 Å². The van der Waals surface area contributed by atoms with Gasteiger partial charge in [-0.1, -0.05) is 19.9 Å². The number of nitrogens with zero attached hydrogens (tertiary/aromatic N) is 3. The zero-order valence-corrected chi connectivity index (χ0v) is 14.0. The predicted octanol–water partition coefficient (Wildman–Crippen LogP) is 2.92. The fraction of sp³-hybridized carbons (Fsp3) is 0.588. The zero-order chi connectivity index (χ0) is 15.6. The van der Waals surface area contributed by atoms with Crippen LogP contribution < -0.4 is 5.73 Å². The van der Waals surface area contributed by atoms with E-state index in [1.807, 2.05) is 0 Å². The highest BCUT2D eigenvalue weighted by molar-refractivity contribution is 5.77. The van der Waals surface area contributed by atoms with Crippen LogP contribution >= 0.6 is 0 Å². The SMILES string of the molecule is CCN(CC)Cc1nc2cc(C)ccc2n1CC(C)(C)N. The summed E-state index contributed by atoms with van der Waals surface area (Å²) in [6, 6.07) is 6.46. The lowest BCUT2D eigenvalue weighted by atomic mass is 10.1. The summed E-state index contributed by atoms with van der Waals surface area (Å²) in [6.45, 7) is 14.3. The molecule has 0 atom stereocenters. The highest BCUT2D eigenvalue weighted by Gasteiger charge is 2.19. The van der Waals surface area contributed by atoms with Crippen LogP contribution in [-0.2, 0) is 13.1 Å². The molecule has 0 fully saturated rings. The van der Waals surface area contributed by atoms with Crippen LogP contribution in [0.5, 0.6) is 0 Å². The summed E-state index contributed by atoms with van der Waals surface area (Å²) in [6.07, 6.45) is 0. The third-order valence-corrected chi connectivity index (χ3v) is 3.81. The van der Waals surface area contributed by atoms with Gasteiger partial charge in [0.2, 0.25) is 0 Å². The number of aromatic nitrogens is 2. The van der Waals surface area contributed by atoms with Gasteiger partial charge in [-0.15, -0.1) is 0 Å². The van der Waals surface area contributed by atoms with Gasteiger partial charge < -0.3 is 10.3 Å². The van der Waals surface area contributed by atoms with E-state index in [4.69, 9.17) is 10.7 Å². The number of imidazole rings is 1. The van der Waals surface area contributed by atoms with Crippen LogP contribution in [0.2, 0.25) is 0 Å². The molecule has 0 unspecified atom stereocenters. The molecule has 2 aromatic rings. The van der Waals surface area contributed by atoms with Gasteiger partial charge in [0.05, 0.1) is 17.6 Å². The fourth-order valence-corrected chi connectivity index (χ4v) is 2.64. The lowest BCUT2D eigenvalue weighted by Gasteiger charge is -2.23. The lowest BCUT2D eigenvalue weighted by molar-refractivity contribution is 0.280. The summed E-state index contributed by atoms with van der Waals surface area (Å²) < 4.78 is 2.28. The molecule has 1 aromatic carbocycles. The molecule has 1 aromatic heterocycles. The number of hydrogen-bond acceptors (Lipinski definition) is 3. The van der Waals surface area contributed by atoms with E-state index in [9.17, 15) is 0 Å². The standard InChI is InChI=1S/C17H28N4/c1-6-20(7-2)11-16-19-14-10-13(3)8-9-15(14)21(16)12-17(4,5)18/h8-10H,6-7,11-12,18H2,1-5H3. The van der Waals surface area contributed by atoms with Gasteiger partial charge in [-0.25, -0.2) is 4.98 Å². The van der Waals surface area contributed by atoms with Gasteiger partial charge in [-0.3, -0.25) is 4.90 Å². The van der Waals surface area contributed by atoms with Crippen LogP contribution in [0.15, 0.2) is 18.2 Å². The Balaban J connectivity index is 2.48. The maximum Gasteiger partial charge on any atom is 0.124 e. The van der Waals surface area contributed by atoms with Gasteiger partial charge in [0.15, 0.2) is 0 Å². The quantitative estimate of drug-likeness (QED) is 0.889. The molecule has 21 heavy (non-hydrogen) atoms. The molecule has 2 rings (SSSR count). The van der Waals surface area contributed by atoms with Crippen molar-refractivity contribution in [2.45, 2.75) is 53.2 Å². The topological polar surface area (TPSA) is 47.1 Å². The zero-order valence-electron chi connectivity index (χ0n) is 14.0. The van der Waals surface area contributed by atoms with Gasteiger partial charge in [-0.05, 0) is 51.6 Å². The monoisotopic (exact) mass is 288 g/mol. The van der Waals surface area contributed by atoms with E-state index in [-0.39, 0.29) is 5.54 Å². The van der Waals surface area contributed by atoms with Crippen molar-refractivity contribution in [3.8, 4) is 0 Å². The normalized spacial score (nSPS) is 12.5. The second kappa shape index (κ2) is 6.16. The molecule has 4 nitrogen and oxygen atoms in total. The van der Waals surface area contributed by atoms with Gasteiger partial charge in [-0.2, -0.15) is 0 Å². The van der Waals surface area contributed by atoms with Crippen molar-refractivity contribution in [2.75, 3.05) is 13.1 Å². The maximum absolute atomic E-state index is 6.25. The molecule has 0 aliphatic rings. The molecule has 0 saturated carbocycles. The van der Waals surface area contributed by atoms with Crippen molar-refractivity contribution in [1.29, 1.82) is 0 Å². The van der Waals surface area contributed by atoms with E-state index in [1.165, 1.54) is 11.1 Å². The maximum atomic E-state index is 6.25. The van der Waals surface area contributed by atoms with Crippen LogP contribution in [0.4, 0.5) is 0 Å². The van der Waals surface area contributed by atoms with E-state index < -0.39 is 0 Å².